The molecular formula is C18H20Cl2N2O3S. The highest BCUT2D eigenvalue weighted by atomic mass is 35.5. The summed E-state index contributed by atoms with van der Waals surface area (Å²) in [5.41, 5.74) is 1.06. The summed E-state index contributed by atoms with van der Waals surface area (Å²) in [6.45, 7) is 4.67. The molecule has 0 saturated carbocycles. The summed E-state index contributed by atoms with van der Waals surface area (Å²) in [5, 5.41) is 3.26. The third-order valence-corrected chi connectivity index (χ3v) is 6.80. The number of nitrogens with one attached hydrogen (secondary N) is 1. The van der Waals surface area contributed by atoms with Crippen LogP contribution in [-0.4, -0.2) is 31.7 Å². The number of hydrogen-bond acceptors (Lipinski definition) is 3. The molecule has 0 radical (unpaired) electrons. The average molecular weight is 415 g/mol. The Morgan fingerprint density at radius 2 is 1.65 bits per heavy atom. The largest absolute Gasteiger partial charge is 0.348 e. The predicted octanol–water partition coefficient (Wildman–Crippen LogP) is 3.95. The SMILES string of the molecule is CCN(CC)S(=O)(=O)c1ccc(CNC(=O)c2cccc(Cl)c2Cl)cc1. The molecule has 0 spiro atoms. The van der Waals surface area contributed by atoms with Crippen molar-refractivity contribution in [3.05, 3.63) is 63.6 Å². The van der Waals surface area contributed by atoms with Crippen molar-refractivity contribution < 1.29 is 13.2 Å². The zero-order valence-electron chi connectivity index (χ0n) is 14.5. The summed E-state index contributed by atoms with van der Waals surface area (Å²) < 4.78 is 26.3. The van der Waals surface area contributed by atoms with Crippen LogP contribution < -0.4 is 5.32 Å². The molecule has 1 amide bonds. The zero-order valence-corrected chi connectivity index (χ0v) is 16.8. The van der Waals surface area contributed by atoms with Crippen LogP contribution in [0.15, 0.2) is 47.4 Å². The molecule has 1 N–H and O–H groups in total. The number of nitrogens with zero attached hydrogens (tertiary/aromatic N) is 1. The fourth-order valence-corrected chi connectivity index (χ4v) is 4.29. The van der Waals surface area contributed by atoms with Crippen molar-refractivity contribution in [1.82, 2.24) is 9.62 Å². The molecule has 2 rings (SSSR count). The van der Waals surface area contributed by atoms with Gasteiger partial charge in [0, 0.05) is 19.6 Å². The molecule has 0 aliphatic heterocycles. The van der Waals surface area contributed by atoms with E-state index in [1.165, 1.54) is 4.31 Å². The summed E-state index contributed by atoms with van der Waals surface area (Å²) in [7, 11) is -3.49. The van der Waals surface area contributed by atoms with Gasteiger partial charge in [-0.3, -0.25) is 4.79 Å². The number of carbonyl (C=O) groups is 1. The molecule has 8 heteroatoms. The minimum Gasteiger partial charge on any atom is -0.348 e. The lowest BCUT2D eigenvalue weighted by molar-refractivity contribution is 0.0951. The fourth-order valence-electron chi connectivity index (χ4n) is 2.45. The molecule has 0 bridgehead atoms. The zero-order chi connectivity index (χ0) is 19.3. The second kappa shape index (κ2) is 8.86. The van der Waals surface area contributed by atoms with E-state index in [-0.39, 0.29) is 22.4 Å². The molecule has 140 valence electrons. The Bertz CT molecular complexity index is 880. The van der Waals surface area contributed by atoms with E-state index in [0.29, 0.717) is 23.7 Å². The summed E-state index contributed by atoms with van der Waals surface area (Å²) >= 11 is 11.9. The number of sulfonamides is 1. The Balaban J connectivity index is 2.08. The number of halogens is 2. The van der Waals surface area contributed by atoms with Crippen molar-refractivity contribution in [1.29, 1.82) is 0 Å². The van der Waals surface area contributed by atoms with Crippen LogP contribution in [0.4, 0.5) is 0 Å². The second-order valence-electron chi connectivity index (χ2n) is 5.52. The monoisotopic (exact) mass is 414 g/mol. The van der Waals surface area contributed by atoms with E-state index in [2.05, 4.69) is 5.32 Å². The third-order valence-electron chi connectivity index (χ3n) is 3.92. The molecule has 0 heterocycles. The highest BCUT2D eigenvalue weighted by molar-refractivity contribution is 7.89. The highest BCUT2D eigenvalue weighted by Crippen LogP contribution is 2.25. The number of carbonyl (C=O) groups excluding carboxylic acids is 1. The molecule has 0 aromatic heterocycles. The van der Waals surface area contributed by atoms with Crippen molar-refractivity contribution in [2.45, 2.75) is 25.3 Å². The van der Waals surface area contributed by atoms with Gasteiger partial charge in [0.1, 0.15) is 0 Å². The van der Waals surface area contributed by atoms with E-state index < -0.39 is 10.0 Å². The van der Waals surface area contributed by atoms with Crippen molar-refractivity contribution in [2.75, 3.05) is 13.1 Å². The lowest BCUT2D eigenvalue weighted by Gasteiger charge is -2.18. The molecule has 2 aromatic carbocycles. The first kappa shape index (κ1) is 20.7. The normalized spacial score (nSPS) is 11.6. The molecule has 0 aliphatic rings. The van der Waals surface area contributed by atoms with Crippen molar-refractivity contribution in [2.24, 2.45) is 0 Å². The second-order valence-corrected chi connectivity index (χ2v) is 8.24. The first-order valence-electron chi connectivity index (χ1n) is 8.12. The van der Waals surface area contributed by atoms with Crippen LogP contribution in [0.25, 0.3) is 0 Å². The van der Waals surface area contributed by atoms with E-state index in [9.17, 15) is 13.2 Å². The lowest BCUT2D eigenvalue weighted by Crippen LogP contribution is -2.30. The van der Waals surface area contributed by atoms with Gasteiger partial charge in [-0.15, -0.1) is 0 Å². The molecule has 0 aliphatic carbocycles. The van der Waals surface area contributed by atoms with Gasteiger partial charge in [-0.2, -0.15) is 4.31 Å². The number of benzene rings is 2. The molecule has 26 heavy (non-hydrogen) atoms. The molecule has 2 aromatic rings. The van der Waals surface area contributed by atoms with Crippen LogP contribution in [0.2, 0.25) is 10.0 Å². The summed E-state index contributed by atoms with van der Waals surface area (Å²) in [5.74, 6) is -0.350. The summed E-state index contributed by atoms with van der Waals surface area (Å²) in [6.07, 6.45) is 0. The van der Waals surface area contributed by atoms with Gasteiger partial charge < -0.3 is 5.32 Å². The first-order valence-corrected chi connectivity index (χ1v) is 10.3. The fraction of sp³-hybridized carbons (Fsp3) is 0.278. The standard InChI is InChI=1S/C18H20Cl2N2O3S/c1-3-22(4-2)26(24,25)14-10-8-13(9-11-14)12-21-18(23)15-6-5-7-16(19)17(15)20/h5-11H,3-4,12H2,1-2H3,(H,21,23). The molecule has 5 nitrogen and oxygen atoms in total. The molecule has 0 fully saturated rings. The average Bonchev–Trinajstić information content (AvgIpc) is 2.63. The molecular weight excluding hydrogens is 395 g/mol. The van der Waals surface area contributed by atoms with Gasteiger partial charge in [0.05, 0.1) is 20.5 Å². The smallest absolute Gasteiger partial charge is 0.253 e. The summed E-state index contributed by atoms with van der Waals surface area (Å²) in [6, 6.07) is 11.3. The topological polar surface area (TPSA) is 66.5 Å². The first-order chi connectivity index (χ1) is 12.3. The van der Waals surface area contributed by atoms with Gasteiger partial charge in [-0.05, 0) is 29.8 Å². The number of amides is 1. The van der Waals surface area contributed by atoms with Gasteiger partial charge >= 0.3 is 0 Å². The third kappa shape index (κ3) is 4.57. The van der Waals surface area contributed by atoms with E-state index in [1.807, 2.05) is 0 Å². The van der Waals surface area contributed by atoms with E-state index in [0.717, 1.165) is 5.56 Å². The van der Waals surface area contributed by atoms with Gasteiger partial charge in [-0.1, -0.05) is 55.2 Å². The molecule has 0 unspecified atom stereocenters. The van der Waals surface area contributed by atoms with Crippen molar-refractivity contribution in [3.63, 3.8) is 0 Å². The van der Waals surface area contributed by atoms with Gasteiger partial charge in [0.25, 0.3) is 5.91 Å². The van der Waals surface area contributed by atoms with E-state index in [4.69, 9.17) is 23.2 Å². The Labute approximate surface area is 164 Å². The Morgan fingerprint density at radius 3 is 2.23 bits per heavy atom. The highest BCUT2D eigenvalue weighted by Gasteiger charge is 2.21. The predicted molar refractivity (Wildman–Crippen MR) is 104 cm³/mol. The van der Waals surface area contributed by atoms with Crippen LogP contribution >= 0.6 is 23.2 Å². The quantitative estimate of drug-likeness (QED) is 0.745. The van der Waals surface area contributed by atoms with Crippen LogP contribution in [0.1, 0.15) is 29.8 Å². The van der Waals surface area contributed by atoms with Crippen LogP contribution in [0.5, 0.6) is 0 Å². The van der Waals surface area contributed by atoms with Gasteiger partial charge in [0.15, 0.2) is 0 Å². The maximum atomic E-state index is 12.5. The summed E-state index contributed by atoms with van der Waals surface area (Å²) in [4.78, 5) is 12.5. The van der Waals surface area contributed by atoms with Crippen molar-refractivity contribution >= 4 is 39.1 Å². The molecule has 0 saturated heterocycles. The Kier molecular flexibility index (Phi) is 7.06. The van der Waals surface area contributed by atoms with Crippen LogP contribution in [0, 0.1) is 0 Å². The number of rotatable bonds is 7. The van der Waals surface area contributed by atoms with E-state index in [1.54, 1.807) is 56.3 Å². The van der Waals surface area contributed by atoms with Gasteiger partial charge in [0.2, 0.25) is 10.0 Å². The Morgan fingerprint density at radius 1 is 1.04 bits per heavy atom. The van der Waals surface area contributed by atoms with Crippen molar-refractivity contribution in [3.8, 4) is 0 Å². The molecule has 0 atom stereocenters. The maximum Gasteiger partial charge on any atom is 0.253 e. The Hall–Kier alpha value is -1.60. The lowest BCUT2D eigenvalue weighted by atomic mass is 10.2. The minimum atomic E-state index is -3.49. The van der Waals surface area contributed by atoms with Gasteiger partial charge in [-0.25, -0.2) is 8.42 Å². The minimum absolute atomic E-state index is 0.201. The van der Waals surface area contributed by atoms with Crippen LogP contribution in [-0.2, 0) is 16.6 Å². The van der Waals surface area contributed by atoms with E-state index >= 15 is 0 Å². The van der Waals surface area contributed by atoms with Crippen LogP contribution in [0.3, 0.4) is 0 Å². The maximum absolute atomic E-state index is 12.5. The number of hydrogen-bond donors (Lipinski definition) is 1.